The van der Waals surface area contributed by atoms with Crippen LogP contribution in [0.3, 0.4) is 0 Å². The van der Waals surface area contributed by atoms with Gasteiger partial charge in [0.1, 0.15) is 10.7 Å². The highest BCUT2D eigenvalue weighted by atomic mass is 32.1. The van der Waals surface area contributed by atoms with Gasteiger partial charge in [0, 0.05) is 31.1 Å². The van der Waals surface area contributed by atoms with Crippen LogP contribution in [0.1, 0.15) is 34.5 Å². The minimum absolute atomic E-state index is 0.0498. The number of aromatic nitrogens is 1. The van der Waals surface area contributed by atoms with Crippen LogP contribution in [-0.2, 0) is 6.54 Å². The van der Waals surface area contributed by atoms with E-state index in [-0.39, 0.29) is 11.9 Å². The molecular formula is C21H23N3OS2. The van der Waals surface area contributed by atoms with E-state index in [1.54, 1.807) is 11.3 Å². The van der Waals surface area contributed by atoms with Crippen molar-refractivity contribution in [3.05, 3.63) is 64.0 Å². The van der Waals surface area contributed by atoms with Crippen molar-refractivity contribution in [3.63, 3.8) is 0 Å². The summed E-state index contributed by atoms with van der Waals surface area (Å²) in [5.74, 6) is -0.0498. The molecular weight excluding hydrogens is 374 g/mol. The molecule has 0 bridgehead atoms. The average Bonchev–Trinajstić information content (AvgIpc) is 3.35. The summed E-state index contributed by atoms with van der Waals surface area (Å²) >= 11 is 3.18. The van der Waals surface area contributed by atoms with Crippen LogP contribution < -0.4 is 5.32 Å². The molecule has 3 aromatic rings. The number of nitrogens with one attached hydrogen (secondary N) is 1. The Balaban J connectivity index is 1.28. The summed E-state index contributed by atoms with van der Waals surface area (Å²) in [7, 11) is 0. The molecule has 1 saturated heterocycles. The Morgan fingerprint density at radius 2 is 2.07 bits per heavy atom. The number of carbonyl (C=O) groups excluding carboxylic acids is 1. The smallest absolute Gasteiger partial charge is 0.270 e. The number of likely N-dealkylation sites (tertiary alicyclic amines) is 1. The van der Waals surface area contributed by atoms with E-state index in [9.17, 15) is 4.79 Å². The van der Waals surface area contributed by atoms with Crippen molar-refractivity contribution in [2.45, 2.75) is 32.4 Å². The highest BCUT2D eigenvalue weighted by molar-refractivity contribution is 7.20. The van der Waals surface area contributed by atoms with Crippen LogP contribution in [-0.4, -0.2) is 34.9 Å². The van der Waals surface area contributed by atoms with Crippen LogP contribution in [0.5, 0.6) is 0 Å². The number of carbonyl (C=O) groups is 1. The second kappa shape index (κ2) is 8.33. The van der Waals surface area contributed by atoms with Gasteiger partial charge in [-0.3, -0.25) is 9.69 Å². The first-order chi connectivity index (χ1) is 13.2. The Hall–Kier alpha value is -2.02. The fraction of sp³-hybridized carbons (Fsp3) is 0.333. The summed E-state index contributed by atoms with van der Waals surface area (Å²) in [6, 6.07) is 13.0. The van der Waals surface area contributed by atoms with Gasteiger partial charge in [0.2, 0.25) is 0 Å². The lowest BCUT2D eigenvalue weighted by Gasteiger charge is -2.32. The van der Waals surface area contributed by atoms with Crippen molar-refractivity contribution < 1.29 is 4.79 Å². The lowest BCUT2D eigenvalue weighted by Crippen LogP contribution is -2.44. The molecule has 4 nitrogen and oxygen atoms in total. The van der Waals surface area contributed by atoms with E-state index in [4.69, 9.17) is 0 Å². The molecule has 0 saturated carbocycles. The van der Waals surface area contributed by atoms with Gasteiger partial charge in [-0.05, 0) is 36.8 Å². The van der Waals surface area contributed by atoms with Gasteiger partial charge in [-0.2, -0.15) is 0 Å². The van der Waals surface area contributed by atoms with E-state index in [1.807, 2.05) is 22.9 Å². The van der Waals surface area contributed by atoms with Gasteiger partial charge >= 0.3 is 0 Å². The van der Waals surface area contributed by atoms with Crippen LogP contribution in [0.25, 0.3) is 9.88 Å². The first-order valence-corrected chi connectivity index (χ1v) is 11.0. The van der Waals surface area contributed by atoms with Crippen LogP contribution in [0.15, 0.2) is 47.2 Å². The van der Waals surface area contributed by atoms with Gasteiger partial charge in [-0.1, -0.05) is 35.9 Å². The lowest BCUT2D eigenvalue weighted by atomic mass is 10.0. The largest absolute Gasteiger partial charge is 0.348 e. The zero-order chi connectivity index (χ0) is 18.6. The molecule has 1 aromatic carbocycles. The van der Waals surface area contributed by atoms with Gasteiger partial charge in [0.25, 0.3) is 5.91 Å². The number of aryl methyl sites for hydroxylation is 1. The molecule has 27 heavy (non-hydrogen) atoms. The van der Waals surface area contributed by atoms with Crippen molar-refractivity contribution >= 4 is 28.6 Å². The Bertz CT molecular complexity index is 896. The van der Waals surface area contributed by atoms with Crippen LogP contribution in [0, 0.1) is 6.92 Å². The SMILES string of the molecule is Cc1cccc(CN2CCC(NC(=O)c3csc(-c4cccs4)n3)CC2)c1. The van der Waals surface area contributed by atoms with E-state index in [1.165, 1.54) is 22.5 Å². The third-order valence-electron chi connectivity index (χ3n) is 4.88. The number of thiazole rings is 1. The van der Waals surface area contributed by atoms with Gasteiger partial charge in [0.05, 0.1) is 4.88 Å². The normalized spacial score (nSPS) is 15.7. The predicted molar refractivity (Wildman–Crippen MR) is 112 cm³/mol. The first-order valence-electron chi connectivity index (χ1n) is 9.25. The number of rotatable bonds is 5. The number of hydrogen-bond donors (Lipinski definition) is 1. The summed E-state index contributed by atoms with van der Waals surface area (Å²) in [5.41, 5.74) is 3.20. The highest BCUT2D eigenvalue weighted by Crippen LogP contribution is 2.27. The van der Waals surface area contributed by atoms with Gasteiger partial charge in [-0.15, -0.1) is 22.7 Å². The van der Waals surface area contributed by atoms with Crippen molar-refractivity contribution in [3.8, 4) is 9.88 Å². The topological polar surface area (TPSA) is 45.2 Å². The molecule has 0 atom stereocenters. The zero-order valence-electron chi connectivity index (χ0n) is 15.4. The molecule has 1 fully saturated rings. The number of hydrogen-bond acceptors (Lipinski definition) is 5. The number of amides is 1. The molecule has 4 rings (SSSR count). The molecule has 1 aliphatic rings. The molecule has 3 heterocycles. The molecule has 140 valence electrons. The first kappa shape index (κ1) is 18.3. The third kappa shape index (κ3) is 4.64. The number of thiophene rings is 1. The molecule has 0 unspecified atom stereocenters. The summed E-state index contributed by atoms with van der Waals surface area (Å²) in [6.07, 6.45) is 1.97. The fourth-order valence-electron chi connectivity index (χ4n) is 3.45. The Morgan fingerprint density at radius 1 is 1.22 bits per heavy atom. The maximum absolute atomic E-state index is 12.5. The van der Waals surface area contributed by atoms with Crippen LogP contribution in [0.4, 0.5) is 0 Å². The molecule has 0 radical (unpaired) electrons. The second-order valence-electron chi connectivity index (χ2n) is 7.03. The van der Waals surface area contributed by atoms with Crippen LogP contribution in [0.2, 0.25) is 0 Å². The maximum Gasteiger partial charge on any atom is 0.270 e. The zero-order valence-corrected chi connectivity index (χ0v) is 17.0. The summed E-state index contributed by atoms with van der Waals surface area (Å²) in [5, 5.41) is 7.98. The fourth-order valence-corrected chi connectivity index (χ4v) is 5.07. The lowest BCUT2D eigenvalue weighted by molar-refractivity contribution is 0.0904. The molecule has 0 aliphatic carbocycles. The van der Waals surface area contributed by atoms with E-state index < -0.39 is 0 Å². The van der Waals surface area contributed by atoms with E-state index >= 15 is 0 Å². The number of benzene rings is 1. The molecule has 1 amide bonds. The minimum Gasteiger partial charge on any atom is -0.348 e. The summed E-state index contributed by atoms with van der Waals surface area (Å²) in [6.45, 7) is 5.14. The minimum atomic E-state index is -0.0498. The monoisotopic (exact) mass is 397 g/mol. The highest BCUT2D eigenvalue weighted by Gasteiger charge is 2.22. The standard InChI is InChI=1S/C21H23N3OS2/c1-15-4-2-5-16(12-15)13-24-9-7-17(8-10-24)22-20(25)18-14-27-21(23-18)19-6-3-11-26-19/h2-6,11-12,14,17H,7-10,13H2,1H3,(H,22,25). The molecule has 0 spiro atoms. The second-order valence-corrected chi connectivity index (χ2v) is 8.83. The average molecular weight is 398 g/mol. The van der Waals surface area contributed by atoms with E-state index in [2.05, 4.69) is 46.4 Å². The van der Waals surface area contributed by atoms with E-state index in [0.717, 1.165) is 42.4 Å². The van der Waals surface area contributed by atoms with Crippen molar-refractivity contribution in [1.82, 2.24) is 15.2 Å². The Labute approximate surface area is 167 Å². The van der Waals surface area contributed by atoms with Gasteiger partial charge in [0.15, 0.2) is 0 Å². The maximum atomic E-state index is 12.5. The van der Waals surface area contributed by atoms with E-state index in [0.29, 0.717) is 5.69 Å². The molecule has 1 aliphatic heterocycles. The third-order valence-corrected chi connectivity index (χ3v) is 6.76. The van der Waals surface area contributed by atoms with Gasteiger partial charge in [-0.25, -0.2) is 4.98 Å². The van der Waals surface area contributed by atoms with Gasteiger partial charge < -0.3 is 5.32 Å². The van der Waals surface area contributed by atoms with Crippen molar-refractivity contribution in [2.75, 3.05) is 13.1 Å². The van der Waals surface area contributed by atoms with Crippen LogP contribution >= 0.6 is 22.7 Å². The summed E-state index contributed by atoms with van der Waals surface area (Å²) < 4.78 is 0. The quantitative estimate of drug-likeness (QED) is 0.686. The molecule has 1 N–H and O–H groups in total. The number of piperidine rings is 1. The molecule has 6 heteroatoms. The van der Waals surface area contributed by atoms with Crippen molar-refractivity contribution in [2.24, 2.45) is 0 Å². The predicted octanol–water partition coefficient (Wildman–Crippen LogP) is 4.57. The Kier molecular flexibility index (Phi) is 5.66. The Morgan fingerprint density at radius 3 is 2.81 bits per heavy atom. The summed E-state index contributed by atoms with van der Waals surface area (Å²) in [4.78, 5) is 20.6. The van der Waals surface area contributed by atoms with Crippen molar-refractivity contribution in [1.29, 1.82) is 0 Å². The molecule has 2 aromatic heterocycles. The number of nitrogens with zero attached hydrogens (tertiary/aromatic N) is 2.